The lowest BCUT2D eigenvalue weighted by Crippen LogP contribution is -2.05. The fourth-order valence-corrected chi connectivity index (χ4v) is 1.63. The Labute approximate surface area is 102 Å². The first-order valence-electron chi connectivity index (χ1n) is 5.18. The molecule has 0 spiro atoms. The van der Waals surface area contributed by atoms with E-state index in [4.69, 9.17) is 4.74 Å². The third kappa shape index (κ3) is 2.45. The molecule has 5 heteroatoms. The van der Waals surface area contributed by atoms with E-state index in [0.29, 0.717) is 16.9 Å². The summed E-state index contributed by atoms with van der Waals surface area (Å²) in [6.45, 7) is 0. The van der Waals surface area contributed by atoms with Gasteiger partial charge in [0.1, 0.15) is 5.75 Å². The second-order valence-electron chi connectivity index (χ2n) is 3.65. The lowest BCUT2D eigenvalue weighted by molar-refractivity contribution is -0.137. The van der Waals surface area contributed by atoms with Crippen LogP contribution in [0, 0.1) is 0 Å². The number of nitrogens with zero attached hydrogens (tertiary/aromatic N) is 1. The Morgan fingerprint density at radius 2 is 1.94 bits per heavy atom. The highest BCUT2D eigenvalue weighted by atomic mass is 19.4. The molecule has 0 atom stereocenters. The second kappa shape index (κ2) is 4.68. The third-order valence-corrected chi connectivity index (χ3v) is 2.50. The second-order valence-corrected chi connectivity index (χ2v) is 3.65. The Balaban J connectivity index is 2.57. The predicted molar refractivity (Wildman–Crippen MR) is 61.2 cm³/mol. The van der Waals surface area contributed by atoms with Gasteiger partial charge in [-0.15, -0.1) is 0 Å². The minimum absolute atomic E-state index is 0.375. The number of halogens is 3. The van der Waals surface area contributed by atoms with Gasteiger partial charge in [-0.2, -0.15) is 13.2 Å². The van der Waals surface area contributed by atoms with Crippen LogP contribution in [0.4, 0.5) is 13.2 Å². The van der Waals surface area contributed by atoms with Gasteiger partial charge in [0.05, 0.1) is 12.7 Å². The van der Waals surface area contributed by atoms with E-state index in [-0.39, 0.29) is 0 Å². The molecule has 0 aliphatic carbocycles. The highest BCUT2D eigenvalue weighted by Gasteiger charge is 2.31. The van der Waals surface area contributed by atoms with Gasteiger partial charge < -0.3 is 4.74 Å². The van der Waals surface area contributed by atoms with Gasteiger partial charge in [0.25, 0.3) is 0 Å². The molecule has 1 aromatic heterocycles. The summed E-state index contributed by atoms with van der Waals surface area (Å²) in [5, 5.41) is 0. The van der Waals surface area contributed by atoms with E-state index in [1.54, 1.807) is 18.3 Å². The number of methoxy groups -OCH3 is 1. The van der Waals surface area contributed by atoms with Crippen LogP contribution >= 0.6 is 0 Å². The van der Waals surface area contributed by atoms with Crippen molar-refractivity contribution in [2.45, 2.75) is 6.18 Å². The van der Waals surface area contributed by atoms with Crippen LogP contribution in [0.1, 0.15) is 5.56 Å². The monoisotopic (exact) mass is 253 g/mol. The SMILES string of the molecule is COc1ccc(C(F)(F)F)cc1-c1cccnc1. The summed E-state index contributed by atoms with van der Waals surface area (Å²) >= 11 is 0. The average molecular weight is 253 g/mol. The third-order valence-electron chi connectivity index (χ3n) is 2.50. The quantitative estimate of drug-likeness (QED) is 0.812. The summed E-state index contributed by atoms with van der Waals surface area (Å²) in [6, 6.07) is 6.72. The van der Waals surface area contributed by atoms with Gasteiger partial charge in [-0.05, 0) is 24.3 Å². The van der Waals surface area contributed by atoms with Crippen molar-refractivity contribution in [3.63, 3.8) is 0 Å². The van der Waals surface area contributed by atoms with Crippen molar-refractivity contribution in [3.05, 3.63) is 48.3 Å². The van der Waals surface area contributed by atoms with E-state index >= 15 is 0 Å². The molecule has 0 saturated carbocycles. The van der Waals surface area contributed by atoms with Crippen molar-refractivity contribution in [2.75, 3.05) is 7.11 Å². The summed E-state index contributed by atoms with van der Waals surface area (Å²) in [6.07, 6.45) is -1.31. The average Bonchev–Trinajstić information content (AvgIpc) is 2.38. The van der Waals surface area contributed by atoms with Crippen LogP contribution < -0.4 is 4.74 Å². The van der Waals surface area contributed by atoms with E-state index in [0.717, 1.165) is 12.1 Å². The van der Waals surface area contributed by atoms with E-state index in [1.165, 1.54) is 19.4 Å². The molecule has 0 aliphatic rings. The molecule has 2 rings (SSSR count). The topological polar surface area (TPSA) is 22.1 Å². The van der Waals surface area contributed by atoms with Gasteiger partial charge in [-0.25, -0.2) is 0 Å². The highest BCUT2D eigenvalue weighted by Crippen LogP contribution is 2.36. The van der Waals surface area contributed by atoms with Crippen molar-refractivity contribution in [2.24, 2.45) is 0 Å². The van der Waals surface area contributed by atoms with Crippen molar-refractivity contribution >= 4 is 0 Å². The van der Waals surface area contributed by atoms with Gasteiger partial charge in [0.15, 0.2) is 0 Å². The molecular formula is C13H10F3NO. The normalized spacial score (nSPS) is 11.3. The van der Waals surface area contributed by atoms with Crippen LogP contribution in [0.5, 0.6) is 5.75 Å². The molecule has 0 radical (unpaired) electrons. The predicted octanol–water partition coefficient (Wildman–Crippen LogP) is 3.78. The number of ether oxygens (including phenoxy) is 1. The fraction of sp³-hybridized carbons (Fsp3) is 0.154. The van der Waals surface area contributed by atoms with E-state index in [2.05, 4.69) is 4.98 Å². The Morgan fingerprint density at radius 1 is 1.17 bits per heavy atom. The van der Waals surface area contributed by atoms with Crippen molar-refractivity contribution in [3.8, 4) is 16.9 Å². The van der Waals surface area contributed by atoms with Crippen LogP contribution in [0.2, 0.25) is 0 Å². The fourth-order valence-electron chi connectivity index (χ4n) is 1.63. The standard InChI is InChI=1S/C13H10F3NO/c1-18-12-5-4-10(13(14,15)16)7-11(12)9-3-2-6-17-8-9/h2-8H,1H3. The van der Waals surface area contributed by atoms with Gasteiger partial charge in [0, 0.05) is 23.5 Å². The molecule has 0 unspecified atom stereocenters. The maximum atomic E-state index is 12.7. The van der Waals surface area contributed by atoms with E-state index in [1.807, 2.05) is 0 Å². The van der Waals surface area contributed by atoms with E-state index < -0.39 is 11.7 Å². The molecular weight excluding hydrogens is 243 g/mol. The number of pyridine rings is 1. The summed E-state index contributed by atoms with van der Waals surface area (Å²) in [5.74, 6) is 0.385. The highest BCUT2D eigenvalue weighted by molar-refractivity contribution is 5.70. The number of hydrogen-bond donors (Lipinski definition) is 0. The molecule has 2 aromatic rings. The van der Waals surface area contributed by atoms with Gasteiger partial charge in [0.2, 0.25) is 0 Å². The van der Waals surface area contributed by atoms with E-state index in [9.17, 15) is 13.2 Å². The zero-order valence-electron chi connectivity index (χ0n) is 9.53. The van der Waals surface area contributed by atoms with Gasteiger partial charge in [-0.1, -0.05) is 6.07 Å². The molecule has 0 bridgehead atoms. The minimum Gasteiger partial charge on any atom is -0.496 e. The molecule has 0 fully saturated rings. The summed E-state index contributed by atoms with van der Waals surface area (Å²) in [4.78, 5) is 3.89. The Bertz CT molecular complexity index is 538. The van der Waals surface area contributed by atoms with Crippen molar-refractivity contribution < 1.29 is 17.9 Å². The summed E-state index contributed by atoms with van der Waals surface area (Å²) in [7, 11) is 1.42. The van der Waals surface area contributed by atoms with Gasteiger partial charge in [-0.3, -0.25) is 4.98 Å². The minimum atomic E-state index is -4.37. The molecule has 18 heavy (non-hydrogen) atoms. The maximum Gasteiger partial charge on any atom is 0.416 e. The lowest BCUT2D eigenvalue weighted by Gasteiger charge is -2.12. The molecule has 0 aliphatic heterocycles. The van der Waals surface area contributed by atoms with Crippen LogP contribution in [-0.2, 0) is 6.18 Å². The number of hydrogen-bond acceptors (Lipinski definition) is 2. The Morgan fingerprint density at radius 3 is 2.50 bits per heavy atom. The molecule has 0 saturated heterocycles. The van der Waals surface area contributed by atoms with Crippen LogP contribution in [0.3, 0.4) is 0 Å². The largest absolute Gasteiger partial charge is 0.496 e. The number of rotatable bonds is 2. The van der Waals surface area contributed by atoms with Crippen molar-refractivity contribution in [1.29, 1.82) is 0 Å². The number of aromatic nitrogens is 1. The lowest BCUT2D eigenvalue weighted by atomic mass is 10.0. The zero-order chi connectivity index (χ0) is 13.2. The molecule has 0 amide bonds. The molecule has 94 valence electrons. The van der Waals surface area contributed by atoms with Gasteiger partial charge >= 0.3 is 6.18 Å². The molecule has 2 nitrogen and oxygen atoms in total. The number of benzene rings is 1. The summed E-state index contributed by atoms with van der Waals surface area (Å²) < 4.78 is 43.1. The molecule has 1 heterocycles. The Hall–Kier alpha value is -2.04. The first-order valence-corrected chi connectivity index (χ1v) is 5.18. The zero-order valence-corrected chi connectivity index (χ0v) is 9.53. The molecule has 1 aromatic carbocycles. The smallest absolute Gasteiger partial charge is 0.416 e. The summed E-state index contributed by atoms with van der Waals surface area (Å²) in [5.41, 5.74) is 0.253. The number of alkyl halides is 3. The van der Waals surface area contributed by atoms with Crippen molar-refractivity contribution in [1.82, 2.24) is 4.98 Å². The van der Waals surface area contributed by atoms with Crippen LogP contribution in [0.25, 0.3) is 11.1 Å². The molecule has 0 N–H and O–H groups in total. The van der Waals surface area contributed by atoms with Crippen LogP contribution in [0.15, 0.2) is 42.7 Å². The first-order chi connectivity index (χ1) is 8.52. The first kappa shape index (κ1) is 12.4. The van der Waals surface area contributed by atoms with Crippen LogP contribution in [-0.4, -0.2) is 12.1 Å². The Kier molecular flexibility index (Phi) is 3.23. The maximum absolute atomic E-state index is 12.7.